The van der Waals surface area contributed by atoms with E-state index in [-0.39, 0.29) is 5.60 Å². The molecule has 0 aromatic heterocycles. The maximum Gasteiger partial charge on any atom is 0.336 e. The van der Waals surface area contributed by atoms with E-state index in [9.17, 15) is 9.90 Å². The lowest BCUT2D eigenvalue weighted by Gasteiger charge is -2.21. The molecular weight excluding hydrogens is 324 g/mol. The van der Waals surface area contributed by atoms with Gasteiger partial charge in [0.25, 0.3) is 0 Å². The van der Waals surface area contributed by atoms with E-state index in [1.807, 2.05) is 96.1 Å². The van der Waals surface area contributed by atoms with Crippen LogP contribution in [0.3, 0.4) is 0 Å². The third kappa shape index (κ3) is 6.07. The second-order valence-electron chi connectivity index (χ2n) is 6.62. The van der Waals surface area contributed by atoms with Gasteiger partial charge in [0.2, 0.25) is 0 Å². The highest BCUT2D eigenvalue weighted by Gasteiger charge is 2.18. The first-order valence-electron chi connectivity index (χ1n) is 9.13. The van der Waals surface area contributed by atoms with Crippen LogP contribution in [0.25, 0.3) is 11.1 Å². The van der Waals surface area contributed by atoms with E-state index in [1.165, 1.54) is 0 Å². The van der Waals surface area contributed by atoms with E-state index in [1.54, 1.807) is 0 Å². The maximum absolute atomic E-state index is 11.9. The smallest absolute Gasteiger partial charge is 0.336 e. The van der Waals surface area contributed by atoms with Gasteiger partial charge >= 0.3 is 5.97 Å². The molecule has 0 amide bonds. The summed E-state index contributed by atoms with van der Waals surface area (Å²) in [5.41, 5.74) is 2.50. The van der Waals surface area contributed by atoms with Crippen molar-refractivity contribution >= 4 is 17.1 Å². The molecule has 0 atom stereocenters. The Morgan fingerprint density at radius 2 is 1.46 bits per heavy atom. The summed E-state index contributed by atoms with van der Waals surface area (Å²) in [4.78, 5) is 11.9. The molecule has 2 aromatic carbocycles. The minimum atomic E-state index is -0.916. The van der Waals surface area contributed by atoms with Gasteiger partial charge in [-0.3, -0.25) is 0 Å². The number of carboxylic acid groups (broad SMARTS) is 1. The third-order valence-electron chi connectivity index (χ3n) is 3.56. The van der Waals surface area contributed by atoms with Gasteiger partial charge in [0.1, 0.15) is 11.4 Å². The van der Waals surface area contributed by atoms with Gasteiger partial charge < -0.3 is 9.84 Å². The molecule has 26 heavy (non-hydrogen) atoms. The molecule has 0 aliphatic heterocycles. The van der Waals surface area contributed by atoms with Crippen LogP contribution in [0.15, 0.2) is 54.6 Å². The fourth-order valence-electron chi connectivity index (χ4n) is 2.63. The lowest BCUT2D eigenvalue weighted by Crippen LogP contribution is -2.22. The minimum Gasteiger partial charge on any atom is -0.488 e. The number of benzene rings is 2. The number of carboxylic acids is 1. The van der Waals surface area contributed by atoms with Crippen LogP contribution in [0, 0.1) is 0 Å². The van der Waals surface area contributed by atoms with Crippen molar-refractivity contribution in [2.24, 2.45) is 0 Å². The minimum absolute atomic E-state index is 0.286. The number of aliphatic carboxylic acids is 1. The first-order valence-corrected chi connectivity index (χ1v) is 9.13. The fourth-order valence-corrected chi connectivity index (χ4v) is 2.63. The molecule has 0 aliphatic carbocycles. The lowest BCUT2D eigenvalue weighted by molar-refractivity contribution is -0.130. The summed E-state index contributed by atoms with van der Waals surface area (Å²) in [6, 6.07) is 16.9. The van der Waals surface area contributed by atoms with Crippen molar-refractivity contribution in [2.45, 2.75) is 53.6 Å². The van der Waals surface area contributed by atoms with Crippen molar-refractivity contribution in [3.63, 3.8) is 0 Å². The third-order valence-corrected chi connectivity index (χ3v) is 3.56. The van der Waals surface area contributed by atoms with E-state index in [4.69, 9.17) is 4.74 Å². The number of carbonyl (C=O) groups is 1. The molecule has 0 spiro atoms. The summed E-state index contributed by atoms with van der Waals surface area (Å²) in [6.07, 6.45) is 0.645. The normalized spacial score (nSPS) is 11.8. The molecule has 0 saturated carbocycles. The van der Waals surface area contributed by atoms with Gasteiger partial charge in [-0.05, 0) is 56.0 Å². The van der Waals surface area contributed by atoms with Crippen LogP contribution >= 0.6 is 0 Å². The van der Waals surface area contributed by atoms with Crippen LogP contribution in [0.1, 0.15) is 59.1 Å². The first kappa shape index (κ1) is 21.5. The Balaban J connectivity index is 0.00000163. The van der Waals surface area contributed by atoms with Gasteiger partial charge in [-0.1, -0.05) is 63.2 Å². The number of hydrogen-bond acceptors (Lipinski definition) is 2. The predicted molar refractivity (Wildman–Crippen MR) is 109 cm³/mol. The number of rotatable bonds is 5. The molecule has 0 bridgehead atoms. The van der Waals surface area contributed by atoms with Gasteiger partial charge in [-0.15, -0.1) is 0 Å². The highest BCUT2D eigenvalue weighted by Crippen LogP contribution is 2.30. The Bertz CT molecular complexity index is 720. The molecule has 0 fully saturated rings. The van der Waals surface area contributed by atoms with Crippen molar-refractivity contribution in [2.75, 3.05) is 0 Å². The van der Waals surface area contributed by atoms with Crippen molar-refractivity contribution in [1.29, 1.82) is 0 Å². The quantitative estimate of drug-likeness (QED) is 0.506. The molecule has 140 valence electrons. The van der Waals surface area contributed by atoms with Crippen LogP contribution in [-0.4, -0.2) is 16.7 Å². The second-order valence-corrected chi connectivity index (χ2v) is 6.62. The monoisotopic (exact) mass is 354 g/mol. The van der Waals surface area contributed by atoms with Crippen LogP contribution in [-0.2, 0) is 4.79 Å². The summed E-state index contributed by atoms with van der Waals surface area (Å²) in [7, 11) is 0. The van der Waals surface area contributed by atoms with Crippen molar-refractivity contribution < 1.29 is 14.6 Å². The second kappa shape index (κ2) is 9.81. The molecule has 1 N–H and O–H groups in total. The largest absolute Gasteiger partial charge is 0.488 e. The summed E-state index contributed by atoms with van der Waals surface area (Å²) in [6.45, 7) is 11.9. The van der Waals surface area contributed by atoms with Gasteiger partial charge in [0.05, 0.1) is 5.57 Å². The van der Waals surface area contributed by atoms with Crippen LogP contribution in [0.4, 0.5) is 0 Å². The van der Waals surface area contributed by atoms with Gasteiger partial charge in [-0.25, -0.2) is 4.79 Å². The van der Waals surface area contributed by atoms with E-state index < -0.39 is 5.97 Å². The average Bonchev–Trinajstić information content (AvgIpc) is 2.61. The summed E-state index contributed by atoms with van der Waals surface area (Å²) >= 11 is 0. The van der Waals surface area contributed by atoms with Crippen LogP contribution in [0.5, 0.6) is 5.75 Å². The van der Waals surface area contributed by atoms with Crippen LogP contribution < -0.4 is 4.74 Å². The zero-order valence-electron chi connectivity index (χ0n) is 16.7. The van der Waals surface area contributed by atoms with E-state index in [2.05, 4.69) is 0 Å². The summed E-state index contributed by atoms with van der Waals surface area (Å²) in [5.74, 6) is -0.186. The van der Waals surface area contributed by atoms with E-state index in [0.29, 0.717) is 17.6 Å². The number of ether oxygens (including phenoxy) is 1. The fraction of sp³-hybridized carbons (Fsp3) is 0.348. The zero-order chi connectivity index (χ0) is 19.7. The molecule has 3 heteroatoms. The average molecular weight is 354 g/mol. The standard InChI is InChI=1S/C21H24O3.C2H6/c1-5-18(15-9-7-6-8-10-15)19(20(22)23)16-11-13-17(14-12-16)24-21(2,3)4;1-2/h6-14H,5H2,1-4H3,(H,22,23);1-2H3/b19-18+;. The molecule has 2 rings (SSSR count). The Labute approximate surface area is 157 Å². The molecule has 3 nitrogen and oxygen atoms in total. The predicted octanol–water partition coefficient (Wildman–Crippen LogP) is 6.30. The molecule has 0 heterocycles. The molecule has 0 saturated heterocycles. The summed E-state index contributed by atoms with van der Waals surface area (Å²) < 4.78 is 5.80. The molecule has 2 aromatic rings. The molecule has 0 aliphatic rings. The summed E-state index contributed by atoms with van der Waals surface area (Å²) in [5, 5.41) is 9.76. The van der Waals surface area contributed by atoms with E-state index in [0.717, 1.165) is 16.9 Å². The SMILES string of the molecule is CC.CC/C(=C(\C(=O)O)c1ccc(OC(C)(C)C)cc1)c1ccccc1. The topological polar surface area (TPSA) is 46.5 Å². The Morgan fingerprint density at radius 3 is 1.88 bits per heavy atom. The highest BCUT2D eigenvalue weighted by molar-refractivity contribution is 6.23. The van der Waals surface area contributed by atoms with Gasteiger partial charge in [0.15, 0.2) is 0 Å². The van der Waals surface area contributed by atoms with Crippen molar-refractivity contribution in [3.05, 3.63) is 65.7 Å². The Hall–Kier alpha value is -2.55. The molecule has 0 unspecified atom stereocenters. The zero-order valence-corrected chi connectivity index (χ0v) is 16.7. The molecule has 0 radical (unpaired) electrons. The Morgan fingerprint density at radius 1 is 0.923 bits per heavy atom. The van der Waals surface area contributed by atoms with E-state index >= 15 is 0 Å². The highest BCUT2D eigenvalue weighted by atomic mass is 16.5. The lowest BCUT2D eigenvalue weighted by atomic mass is 9.93. The molecular formula is C23H30O3. The van der Waals surface area contributed by atoms with Gasteiger partial charge in [0, 0.05) is 0 Å². The van der Waals surface area contributed by atoms with Crippen molar-refractivity contribution in [1.82, 2.24) is 0 Å². The van der Waals surface area contributed by atoms with Crippen molar-refractivity contribution in [3.8, 4) is 5.75 Å². The van der Waals surface area contributed by atoms with Crippen LogP contribution in [0.2, 0.25) is 0 Å². The Kier molecular flexibility index (Phi) is 8.11. The number of allylic oxidation sites excluding steroid dienone is 1. The first-order chi connectivity index (χ1) is 12.3. The number of hydrogen-bond donors (Lipinski definition) is 1. The van der Waals surface area contributed by atoms with Gasteiger partial charge in [-0.2, -0.15) is 0 Å². The maximum atomic E-state index is 11.9.